The first-order valence-electron chi connectivity index (χ1n) is 8.63. The van der Waals surface area contributed by atoms with Gasteiger partial charge in [-0.05, 0) is 19.3 Å². The third-order valence-corrected chi connectivity index (χ3v) is 3.86. The van der Waals surface area contributed by atoms with Gasteiger partial charge in [-0.25, -0.2) is 0 Å². The van der Waals surface area contributed by atoms with Crippen molar-refractivity contribution in [3.05, 3.63) is 0 Å². The monoisotopic (exact) mass is 456 g/mol. The number of unbranched alkanes of at least 4 members (excludes halogenated alkanes) is 3. The molecule has 3 N–H and O–H groups in total. The van der Waals surface area contributed by atoms with Gasteiger partial charge in [0.25, 0.3) is 0 Å². The number of esters is 1. The Kier molecular flexibility index (Phi) is 15.5. The molecule has 1 rings (SSSR count). The number of ether oxygens (including phenoxy) is 2. The molecule has 1 fully saturated rings. The maximum atomic E-state index is 10.9. The number of rotatable bonds is 11. The molecule has 0 aliphatic carbocycles. The maximum absolute atomic E-state index is 10.9. The molecule has 1 aliphatic heterocycles. The van der Waals surface area contributed by atoms with Crippen LogP contribution in [0.1, 0.15) is 38.5 Å². The molecule has 0 saturated carbocycles. The topological polar surface area (TPSA) is 89.2 Å². The zero-order valence-electron chi connectivity index (χ0n) is 14.8. The van der Waals surface area contributed by atoms with Gasteiger partial charge in [-0.2, -0.15) is 0 Å². The van der Waals surface area contributed by atoms with E-state index in [0.29, 0.717) is 12.4 Å². The summed E-state index contributed by atoms with van der Waals surface area (Å²) in [5.74, 6) is 0.401. The summed E-state index contributed by atoms with van der Waals surface area (Å²) in [6.45, 7) is 6.37. The number of guanidine groups is 1. The third-order valence-electron chi connectivity index (χ3n) is 3.86. The van der Waals surface area contributed by atoms with Crippen LogP contribution in [0.2, 0.25) is 0 Å². The molecule has 0 radical (unpaired) electrons. The van der Waals surface area contributed by atoms with Crippen LogP contribution in [-0.2, 0) is 14.3 Å². The summed E-state index contributed by atoms with van der Waals surface area (Å²) >= 11 is 0. The van der Waals surface area contributed by atoms with Gasteiger partial charge in [0, 0.05) is 39.1 Å². The molecule has 7 nitrogen and oxygen atoms in total. The Bertz CT molecular complexity index is 350. The molecule has 24 heavy (non-hydrogen) atoms. The van der Waals surface area contributed by atoms with E-state index in [1.165, 1.54) is 7.11 Å². The van der Waals surface area contributed by atoms with Crippen LogP contribution in [0.5, 0.6) is 0 Å². The summed E-state index contributed by atoms with van der Waals surface area (Å²) in [5, 5.41) is 3.13. The molecule has 1 heterocycles. The summed E-state index contributed by atoms with van der Waals surface area (Å²) in [7, 11) is 1.43. The fourth-order valence-electron chi connectivity index (χ4n) is 2.44. The number of hydrogen-bond donors (Lipinski definition) is 2. The van der Waals surface area contributed by atoms with E-state index in [9.17, 15) is 4.79 Å². The SMILES string of the molecule is COC(=O)CCCCCCNC(N)=NCCCN1CCOCC1.I. The lowest BCUT2D eigenvalue weighted by atomic mass is 10.1. The number of morpholine rings is 1. The number of carbonyl (C=O) groups is 1. The predicted molar refractivity (Wildman–Crippen MR) is 107 cm³/mol. The van der Waals surface area contributed by atoms with Crippen LogP contribution in [0.15, 0.2) is 4.99 Å². The molecule has 0 unspecified atom stereocenters. The molecule has 1 saturated heterocycles. The zero-order chi connectivity index (χ0) is 16.8. The smallest absolute Gasteiger partial charge is 0.305 e. The maximum Gasteiger partial charge on any atom is 0.305 e. The average Bonchev–Trinajstić information content (AvgIpc) is 2.58. The van der Waals surface area contributed by atoms with E-state index in [4.69, 9.17) is 10.5 Å². The van der Waals surface area contributed by atoms with Crippen molar-refractivity contribution >= 4 is 35.9 Å². The van der Waals surface area contributed by atoms with Crippen molar-refractivity contribution in [3.8, 4) is 0 Å². The molecule has 0 bridgehead atoms. The summed E-state index contributed by atoms with van der Waals surface area (Å²) in [6, 6.07) is 0. The first-order valence-corrected chi connectivity index (χ1v) is 8.63. The van der Waals surface area contributed by atoms with Crippen molar-refractivity contribution in [1.82, 2.24) is 10.2 Å². The number of methoxy groups -OCH3 is 1. The molecule has 1 aliphatic rings. The number of halogens is 1. The quantitative estimate of drug-likeness (QED) is 0.161. The van der Waals surface area contributed by atoms with Gasteiger partial charge in [0.2, 0.25) is 0 Å². The largest absolute Gasteiger partial charge is 0.469 e. The van der Waals surface area contributed by atoms with Crippen LogP contribution < -0.4 is 11.1 Å². The number of nitrogens with zero attached hydrogens (tertiary/aromatic N) is 2. The van der Waals surface area contributed by atoms with Gasteiger partial charge in [0.15, 0.2) is 5.96 Å². The van der Waals surface area contributed by atoms with Gasteiger partial charge < -0.3 is 20.5 Å². The Morgan fingerprint density at radius 3 is 2.62 bits per heavy atom. The molecular weight excluding hydrogens is 423 g/mol. The van der Waals surface area contributed by atoms with Crippen molar-refractivity contribution in [2.24, 2.45) is 10.7 Å². The minimum Gasteiger partial charge on any atom is -0.469 e. The minimum atomic E-state index is -0.128. The summed E-state index contributed by atoms with van der Waals surface area (Å²) in [5.41, 5.74) is 5.84. The second-order valence-corrected chi connectivity index (χ2v) is 5.74. The van der Waals surface area contributed by atoms with Crippen LogP contribution in [0.3, 0.4) is 0 Å². The van der Waals surface area contributed by atoms with Gasteiger partial charge >= 0.3 is 5.97 Å². The van der Waals surface area contributed by atoms with Crippen molar-refractivity contribution in [2.45, 2.75) is 38.5 Å². The molecule has 0 aromatic rings. The highest BCUT2D eigenvalue weighted by Crippen LogP contribution is 2.03. The average molecular weight is 456 g/mol. The summed E-state index contributed by atoms with van der Waals surface area (Å²) < 4.78 is 9.92. The highest BCUT2D eigenvalue weighted by molar-refractivity contribution is 14.0. The second-order valence-electron chi connectivity index (χ2n) is 5.74. The van der Waals surface area contributed by atoms with Crippen LogP contribution in [0.25, 0.3) is 0 Å². The highest BCUT2D eigenvalue weighted by atomic mass is 127. The van der Waals surface area contributed by atoms with Crippen molar-refractivity contribution < 1.29 is 14.3 Å². The molecule has 142 valence electrons. The van der Waals surface area contributed by atoms with Gasteiger partial charge in [0.05, 0.1) is 20.3 Å². The highest BCUT2D eigenvalue weighted by Gasteiger charge is 2.08. The molecular formula is C16H33IN4O3. The van der Waals surface area contributed by atoms with Gasteiger partial charge in [-0.3, -0.25) is 14.7 Å². The first-order chi connectivity index (χ1) is 11.2. The lowest BCUT2D eigenvalue weighted by molar-refractivity contribution is -0.140. The fraction of sp³-hybridized carbons (Fsp3) is 0.875. The van der Waals surface area contributed by atoms with E-state index >= 15 is 0 Å². The number of hydrogen-bond acceptors (Lipinski definition) is 5. The molecule has 0 aromatic carbocycles. The van der Waals surface area contributed by atoms with Gasteiger partial charge in [0.1, 0.15) is 0 Å². The Labute approximate surface area is 162 Å². The third kappa shape index (κ3) is 12.8. The van der Waals surface area contributed by atoms with Crippen LogP contribution in [-0.4, -0.2) is 69.9 Å². The number of carbonyl (C=O) groups excluding carboxylic acids is 1. The number of nitrogens with one attached hydrogen (secondary N) is 1. The van der Waals surface area contributed by atoms with E-state index in [1.807, 2.05) is 0 Å². The van der Waals surface area contributed by atoms with E-state index in [2.05, 4.69) is 19.9 Å². The lowest BCUT2D eigenvalue weighted by Gasteiger charge is -2.26. The summed E-state index contributed by atoms with van der Waals surface area (Å²) in [4.78, 5) is 17.7. The van der Waals surface area contributed by atoms with E-state index < -0.39 is 0 Å². The zero-order valence-corrected chi connectivity index (χ0v) is 17.1. The Morgan fingerprint density at radius 2 is 1.92 bits per heavy atom. The lowest BCUT2D eigenvalue weighted by Crippen LogP contribution is -2.37. The standard InChI is InChI=1S/C16H32N4O3.HI/c1-22-15(21)7-4-2-3-5-8-18-16(17)19-9-6-10-20-11-13-23-14-12-20;/h2-14H2,1H3,(H3,17,18,19);1H. The molecule has 0 amide bonds. The number of aliphatic imine (C=N–C) groups is 1. The Morgan fingerprint density at radius 1 is 1.21 bits per heavy atom. The fourth-order valence-corrected chi connectivity index (χ4v) is 2.44. The minimum absolute atomic E-state index is 0. The van der Waals surface area contributed by atoms with Crippen LogP contribution >= 0.6 is 24.0 Å². The van der Waals surface area contributed by atoms with Gasteiger partial charge in [-0.1, -0.05) is 12.8 Å². The molecule has 0 spiro atoms. The number of nitrogens with two attached hydrogens (primary N) is 1. The molecule has 8 heteroatoms. The van der Waals surface area contributed by atoms with Crippen LogP contribution in [0, 0.1) is 0 Å². The van der Waals surface area contributed by atoms with E-state index in [1.54, 1.807) is 0 Å². The van der Waals surface area contributed by atoms with Crippen molar-refractivity contribution in [3.63, 3.8) is 0 Å². The summed E-state index contributed by atoms with van der Waals surface area (Å²) in [6.07, 6.45) is 5.57. The normalized spacial score (nSPS) is 15.6. The van der Waals surface area contributed by atoms with Crippen LogP contribution in [0.4, 0.5) is 0 Å². The molecule has 0 aromatic heterocycles. The Hall–Kier alpha value is -0.610. The second kappa shape index (κ2) is 15.9. The van der Waals surface area contributed by atoms with Gasteiger partial charge in [-0.15, -0.1) is 24.0 Å². The molecule has 0 atom stereocenters. The van der Waals surface area contributed by atoms with E-state index in [-0.39, 0.29) is 29.9 Å². The Balaban J connectivity index is 0.00000529. The first kappa shape index (κ1) is 23.4. The van der Waals surface area contributed by atoms with Crippen molar-refractivity contribution in [2.75, 3.05) is 53.0 Å². The van der Waals surface area contributed by atoms with Crippen molar-refractivity contribution in [1.29, 1.82) is 0 Å². The predicted octanol–water partition coefficient (Wildman–Crippen LogP) is 1.35. The van der Waals surface area contributed by atoms with E-state index in [0.717, 1.165) is 78.0 Å².